The second-order valence-corrected chi connectivity index (χ2v) is 4.58. The first-order valence-electron chi connectivity index (χ1n) is 5.31. The molecule has 0 aliphatic heterocycles. The molecule has 1 aromatic carbocycles. The minimum Gasteiger partial charge on any atom is -0.486 e. The number of methoxy groups -OCH3 is 1. The number of hydrogen-bond acceptors (Lipinski definition) is 7. The van der Waals surface area contributed by atoms with Crippen LogP contribution in [0.2, 0.25) is 0 Å². The van der Waals surface area contributed by atoms with Crippen molar-refractivity contribution in [2.45, 2.75) is 13.2 Å². The molecule has 2 rings (SSSR count). The van der Waals surface area contributed by atoms with Gasteiger partial charge >= 0.3 is 0 Å². The molecule has 1 aromatic heterocycles. The van der Waals surface area contributed by atoms with Gasteiger partial charge in [-0.1, -0.05) is 23.5 Å². The Morgan fingerprint density at radius 3 is 2.94 bits per heavy atom. The lowest BCUT2D eigenvalue weighted by Gasteiger charge is -2.05. The van der Waals surface area contributed by atoms with Crippen LogP contribution >= 0.6 is 11.3 Å². The smallest absolute Gasteiger partial charge is 0.219 e. The van der Waals surface area contributed by atoms with E-state index >= 15 is 0 Å². The van der Waals surface area contributed by atoms with Gasteiger partial charge in [0.2, 0.25) is 5.13 Å². The van der Waals surface area contributed by atoms with Gasteiger partial charge in [0, 0.05) is 7.11 Å². The van der Waals surface area contributed by atoms with Crippen LogP contribution in [0.4, 0.5) is 5.13 Å². The summed E-state index contributed by atoms with van der Waals surface area (Å²) in [5, 5.41) is 9.10. The van der Waals surface area contributed by atoms with E-state index in [2.05, 4.69) is 15.6 Å². The number of hydrazine groups is 1. The Kier molecular flexibility index (Phi) is 4.46. The van der Waals surface area contributed by atoms with E-state index in [1.54, 1.807) is 7.11 Å². The minimum atomic E-state index is 0.371. The fourth-order valence-corrected chi connectivity index (χ4v) is 1.97. The molecule has 6 nitrogen and oxygen atoms in total. The summed E-state index contributed by atoms with van der Waals surface area (Å²) in [7, 11) is 1.66. The fraction of sp³-hybridized carbons (Fsp3) is 0.273. The Labute approximate surface area is 109 Å². The van der Waals surface area contributed by atoms with Crippen LogP contribution in [-0.4, -0.2) is 17.3 Å². The van der Waals surface area contributed by atoms with Gasteiger partial charge in [0.05, 0.1) is 6.61 Å². The Morgan fingerprint density at radius 2 is 2.22 bits per heavy atom. The molecule has 0 aliphatic rings. The predicted octanol–water partition coefficient (Wildman–Crippen LogP) is 1.55. The Bertz CT molecular complexity index is 503. The summed E-state index contributed by atoms with van der Waals surface area (Å²) >= 11 is 1.36. The van der Waals surface area contributed by atoms with Crippen LogP contribution in [0.5, 0.6) is 5.75 Å². The van der Waals surface area contributed by atoms with E-state index < -0.39 is 0 Å². The first-order chi connectivity index (χ1) is 8.81. The summed E-state index contributed by atoms with van der Waals surface area (Å²) in [4.78, 5) is 0. The van der Waals surface area contributed by atoms with Crippen LogP contribution in [0.15, 0.2) is 24.3 Å². The van der Waals surface area contributed by atoms with Crippen molar-refractivity contribution in [3.63, 3.8) is 0 Å². The molecular weight excluding hydrogens is 252 g/mol. The molecule has 0 saturated heterocycles. The van der Waals surface area contributed by atoms with E-state index in [0.29, 0.717) is 18.3 Å². The summed E-state index contributed by atoms with van der Waals surface area (Å²) in [6.45, 7) is 0.938. The van der Waals surface area contributed by atoms with Crippen molar-refractivity contribution in [2.24, 2.45) is 5.84 Å². The van der Waals surface area contributed by atoms with Gasteiger partial charge in [0.15, 0.2) is 5.01 Å². The fourth-order valence-electron chi connectivity index (χ4n) is 1.41. The molecule has 7 heteroatoms. The molecule has 96 valence electrons. The SMILES string of the molecule is COCc1cccc(OCc2nnc(NN)s2)c1. The van der Waals surface area contributed by atoms with Gasteiger partial charge in [-0.15, -0.1) is 10.2 Å². The van der Waals surface area contributed by atoms with Crippen molar-refractivity contribution < 1.29 is 9.47 Å². The Morgan fingerprint density at radius 1 is 1.33 bits per heavy atom. The molecule has 0 unspecified atom stereocenters. The van der Waals surface area contributed by atoms with E-state index in [9.17, 15) is 0 Å². The van der Waals surface area contributed by atoms with Crippen molar-refractivity contribution in [1.82, 2.24) is 10.2 Å². The van der Waals surface area contributed by atoms with Gasteiger partial charge in [-0.25, -0.2) is 5.84 Å². The number of nitrogen functional groups attached to an aromatic ring is 1. The monoisotopic (exact) mass is 266 g/mol. The topological polar surface area (TPSA) is 82.3 Å². The third-order valence-corrected chi connectivity index (χ3v) is 2.99. The number of hydrogen-bond donors (Lipinski definition) is 2. The minimum absolute atomic E-state index is 0.371. The zero-order chi connectivity index (χ0) is 12.8. The molecular formula is C11H14N4O2S. The van der Waals surface area contributed by atoms with Gasteiger partial charge in [0.1, 0.15) is 12.4 Å². The number of nitrogens with zero attached hydrogens (tertiary/aromatic N) is 2. The second-order valence-electron chi connectivity index (χ2n) is 3.51. The van der Waals surface area contributed by atoms with Gasteiger partial charge in [-0.3, -0.25) is 5.43 Å². The zero-order valence-electron chi connectivity index (χ0n) is 9.92. The lowest BCUT2D eigenvalue weighted by molar-refractivity contribution is 0.184. The van der Waals surface area contributed by atoms with Crippen LogP contribution in [0, 0.1) is 0 Å². The number of aromatic nitrogens is 2. The van der Waals surface area contributed by atoms with Crippen molar-refractivity contribution in [3.8, 4) is 5.75 Å². The number of ether oxygens (including phenoxy) is 2. The van der Waals surface area contributed by atoms with E-state index in [4.69, 9.17) is 15.3 Å². The molecule has 18 heavy (non-hydrogen) atoms. The van der Waals surface area contributed by atoms with Crippen LogP contribution < -0.4 is 16.0 Å². The maximum Gasteiger partial charge on any atom is 0.219 e. The predicted molar refractivity (Wildman–Crippen MR) is 69.2 cm³/mol. The number of rotatable bonds is 6. The molecule has 2 aromatic rings. The molecule has 0 amide bonds. The highest BCUT2D eigenvalue weighted by molar-refractivity contribution is 7.15. The van der Waals surface area contributed by atoms with Crippen LogP contribution in [-0.2, 0) is 18.0 Å². The maximum absolute atomic E-state index is 5.62. The molecule has 0 spiro atoms. The van der Waals surface area contributed by atoms with E-state index in [0.717, 1.165) is 16.3 Å². The van der Waals surface area contributed by atoms with Gasteiger partial charge in [0.25, 0.3) is 0 Å². The van der Waals surface area contributed by atoms with Gasteiger partial charge in [-0.2, -0.15) is 0 Å². The van der Waals surface area contributed by atoms with Crippen molar-refractivity contribution in [2.75, 3.05) is 12.5 Å². The Hall–Kier alpha value is -1.70. The summed E-state index contributed by atoms with van der Waals surface area (Å²) in [5.41, 5.74) is 3.51. The summed E-state index contributed by atoms with van der Waals surface area (Å²) in [6, 6.07) is 7.74. The van der Waals surface area contributed by atoms with E-state index in [1.807, 2.05) is 24.3 Å². The zero-order valence-corrected chi connectivity index (χ0v) is 10.7. The third kappa shape index (κ3) is 3.39. The lowest BCUT2D eigenvalue weighted by atomic mass is 10.2. The third-order valence-electron chi connectivity index (χ3n) is 2.16. The molecule has 0 radical (unpaired) electrons. The summed E-state index contributed by atoms with van der Waals surface area (Å²) in [6.07, 6.45) is 0. The van der Waals surface area contributed by atoms with Crippen molar-refractivity contribution >= 4 is 16.5 Å². The number of anilines is 1. The first-order valence-corrected chi connectivity index (χ1v) is 6.13. The highest BCUT2D eigenvalue weighted by Crippen LogP contribution is 2.18. The lowest BCUT2D eigenvalue weighted by Crippen LogP contribution is -2.05. The average Bonchev–Trinajstić information content (AvgIpc) is 2.85. The van der Waals surface area contributed by atoms with E-state index in [1.165, 1.54) is 11.3 Å². The summed E-state index contributed by atoms with van der Waals surface area (Å²) in [5.74, 6) is 6.01. The number of benzene rings is 1. The highest BCUT2D eigenvalue weighted by Gasteiger charge is 2.04. The van der Waals surface area contributed by atoms with Crippen molar-refractivity contribution in [1.29, 1.82) is 0 Å². The van der Waals surface area contributed by atoms with Crippen molar-refractivity contribution in [3.05, 3.63) is 34.8 Å². The van der Waals surface area contributed by atoms with Crippen LogP contribution in [0.1, 0.15) is 10.6 Å². The van der Waals surface area contributed by atoms with Crippen LogP contribution in [0.25, 0.3) is 0 Å². The molecule has 0 fully saturated rings. The van der Waals surface area contributed by atoms with Gasteiger partial charge in [-0.05, 0) is 17.7 Å². The highest BCUT2D eigenvalue weighted by atomic mass is 32.1. The normalized spacial score (nSPS) is 10.3. The molecule has 0 atom stereocenters. The summed E-state index contributed by atoms with van der Waals surface area (Å²) < 4.78 is 10.7. The Balaban J connectivity index is 1.94. The van der Waals surface area contributed by atoms with E-state index in [-0.39, 0.29) is 0 Å². The van der Waals surface area contributed by atoms with Gasteiger partial charge < -0.3 is 9.47 Å². The molecule has 0 saturated carbocycles. The largest absolute Gasteiger partial charge is 0.486 e. The number of nitrogens with two attached hydrogens (primary N) is 1. The molecule has 0 aliphatic carbocycles. The standard InChI is InChI=1S/C11H14N4O2S/c1-16-6-8-3-2-4-9(5-8)17-7-10-14-15-11(13-12)18-10/h2-5H,6-7,12H2,1H3,(H,13,15). The molecule has 0 bridgehead atoms. The van der Waals surface area contributed by atoms with Crippen LogP contribution in [0.3, 0.4) is 0 Å². The first kappa shape index (κ1) is 12.7. The quantitative estimate of drug-likeness (QED) is 0.610. The average molecular weight is 266 g/mol. The molecule has 1 heterocycles. The molecule has 3 N–H and O–H groups in total. The second kappa shape index (κ2) is 6.29. The maximum atomic E-state index is 5.62. The number of nitrogens with one attached hydrogen (secondary N) is 1.